The molecule has 1 saturated heterocycles. The first kappa shape index (κ1) is 20.4. The van der Waals surface area contributed by atoms with E-state index >= 15 is 0 Å². The molecule has 5 rings (SSSR count). The van der Waals surface area contributed by atoms with Crippen LogP contribution < -0.4 is 15.8 Å². The summed E-state index contributed by atoms with van der Waals surface area (Å²) in [5, 5.41) is 8.16. The number of aryl methyl sites for hydroxylation is 1. The van der Waals surface area contributed by atoms with Crippen molar-refractivity contribution in [1.82, 2.24) is 20.1 Å². The summed E-state index contributed by atoms with van der Waals surface area (Å²) in [6.45, 7) is 4.07. The van der Waals surface area contributed by atoms with Gasteiger partial charge in [0.25, 0.3) is 5.56 Å². The largest absolute Gasteiger partial charge is 0.463 e. The Morgan fingerprint density at radius 2 is 1.97 bits per heavy atom. The van der Waals surface area contributed by atoms with Crippen LogP contribution in [0, 0.1) is 6.92 Å². The lowest BCUT2D eigenvalue weighted by Gasteiger charge is -2.11. The SMILES string of the molecule is Cc1ccc(CNC(=O)Cn2nc(-c3ccco3)c3sc(N4CCCC4)nc3c2=O)cc1. The molecule has 1 aliphatic heterocycles. The van der Waals surface area contributed by atoms with Crippen LogP contribution in [0.25, 0.3) is 21.7 Å². The second-order valence-corrected chi connectivity index (χ2v) is 8.90. The Labute approximate surface area is 188 Å². The monoisotopic (exact) mass is 449 g/mol. The minimum absolute atomic E-state index is 0.190. The number of thiazole rings is 1. The van der Waals surface area contributed by atoms with Crippen molar-refractivity contribution in [3.63, 3.8) is 0 Å². The molecule has 1 aliphatic rings. The molecule has 9 heteroatoms. The van der Waals surface area contributed by atoms with E-state index in [0.29, 0.717) is 28.2 Å². The topological polar surface area (TPSA) is 93.3 Å². The van der Waals surface area contributed by atoms with Gasteiger partial charge in [-0.25, -0.2) is 9.67 Å². The summed E-state index contributed by atoms with van der Waals surface area (Å²) < 4.78 is 7.43. The Hall–Kier alpha value is -3.46. The molecular formula is C23H23N5O3S. The van der Waals surface area contributed by atoms with E-state index in [9.17, 15) is 9.59 Å². The lowest BCUT2D eigenvalue weighted by molar-refractivity contribution is -0.122. The minimum atomic E-state index is -0.373. The molecule has 1 amide bonds. The fraction of sp³-hybridized carbons (Fsp3) is 0.304. The van der Waals surface area contributed by atoms with Gasteiger partial charge >= 0.3 is 0 Å². The van der Waals surface area contributed by atoms with Crippen molar-refractivity contribution in [3.8, 4) is 11.5 Å². The maximum absolute atomic E-state index is 13.1. The molecule has 0 aliphatic carbocycles. The van der Waals surface area contributed by atoms with Gasteiger partial charge in [-0.1, -0.05) is 41.2 Å². The molecule has 32 heavy (non-hydrogen) atoms. The molecule has 1 fully saturated rings. The van der Waals surface area contributed by atoms with E-state index in [-0.39, 0.29) is 18.0 Å². The molecule has 0 radical (unpaired) electrons. The number of nitrogens with zero attached hydrogens (tertiary/aromatic N) is 4. The number of hydrogen-bond acceptors (Lipinski definition) is 7. The number of anilines is 1. The Kier molecular flexibility index (Phi) is 5.48. The molecule has 8 nitrogen and oxygen atoms in total. The number of hydrogen-bond donors (Lipinski definition) is 1. The lowest BCUT2D eigenvalue weighted by atomic mass is 10.1. The van der Waals surface area contributed by atoms with Gasteiger partial charge in [-0.05, 0) is 37.5 Å². The van der Waals surface area contributed by atoms with Gasteiger partial charge in [-0.2, -0.15) is 5.10 Å². The van der Waals surface area contributed by atoms with Crippen LogP contribution in [-0.2, 0) is 17.9 Å². The summed E-state index contributed by atoms with van der Waals surface area (Å²) in [5.41, 5.74) is 2.63. The Morgan fingerprint density at radius 1 is 1.19 bits per heavy atom. The van der Waals surface area contributed by atoms with E-state index < -0.39 is 0 Å². The van der Waals surface area contributed by atoms with Crippen molar-refractivity contribution in [2.45, 2.75) is 32.9 Å². The first-order chi connectivity index (χ1) is 15.6. The summed E-state index contributed by atoms with van der Waals surface area (Å²) in [6.07, 6.45) is 3.80. The average molecular weight is 450 g/mol. The van der Waals surface area contributed by atoms with E-state index in [1.165, 1.54) is 16.0 Å². The maximum Gasteiger partial charge on any atom is 0.294 e. The maximum atomic E-state index is 13.1. The Balaban J connectivity index is 1.45. The predicted molar refractivity (Wildman–Crippen MR) is 124 cm³/mol. The van der Waals surface area contributed by atoms with Gasteiger partial charge < -0.3 is 14.6 Å². The van der Waals surface area contributed by atoms with Crippen LogP contribution in [0.5, 0.6) is 0 Å². The normalized spacial score (nSPS) is 13.7. The zero-order valence-corrected chi connectivity index (χ0v) is 18.5. The molecule has 0 bridgehead atoms. The van der Waals surface area contributed by atoms with E-state index in [1.807, 2.05) is 31.2 Å². The summed E-state index contributed by atoms with van der Waals surface area (Å²) in [6, 6.07) is 11.5. The van der Waals surface area contributed by atoms with Crippen LogP contribution in [0.1, 0.15) is 24.0 Å². The molecule has 3 aromatic heterocycles. The second-order valence-electron chi connectivity index (χ2n) is 7.92. The molecule has 4 heterocycles. The van der Waals surface area contributed by atoms with Gasteiger partial charge in [0.2, 0.25) is 5.91 Å². The average Bonchev–Trinajstić information content (AvgIpc) is 3.56. The van der Waals surface area contributed by atoms with Gasteiger partial charge in [-0.3, -0.25) is 9.59 Å². The number of aromatic nitrogens is 3. The van der Waals surface area contributed by atoms with Crippen molar-refractivity contribution < 1.29 is 9.21 Å². The zero-order chi connectivity index (χ0) is 22.1. The van der Waals surface area contributed by atoms with Gasteiger partial charge in [0.15, 0.2) is 16.4 Å². The lowest BCUT2D eigenvalue weighted by Crippen LogP contribution is -2.33. The van der Waals surface area contributed by atoms with Crippen molar-refractivity contribution in [2.24, 2.45) is 0 Å². The van der Waals surface area contributed by atoms with Crippen LogP contribution in [0.3, 0.4) is 0 Å². The summed E-state index contributed by atoms with van der Waals surface area (Å²) >= 11 is 1.45. The third kappa shape index (κ3) is 4.03. The molecular weight excluding hydrogens is 426 g/mol. The smallest absolute Gasteiger partial charge is 0.294 e. The van der Waals surface area contributed by atoms with Crippen LogP contribution in [-0.4, -0.2) is 33.8 Å². The number of carbonyl (C=O) groups is 1. The van der Waals surface area contributed by atoms with Crippen molar-refractivity contribution in [3.05, 3.63) is 64.1 Å². The number of furan rings is 1. The molecule has 0 spiro atoms. The minimum Gasteiger partial charge on any atom is -0.463 e. The highest BCUT2D eigenvalue weighted by atomic mass is 32.1. The summed E-state index contributed by atoms with van der Waals surface area (Å²) in [7, 11) is 0. The van der Waals surface area contributed by atoms with Gasteiger partial charge in [0.05, 0.1) is 11.0 Å². The van der Waals surface area contributed by atoms with Gasteiger partial charge in [0.1, 0.15) is 12.2 Å². The summed E-state index contributed by atoms with van der Waals surface area (Å²) in [4.78, 5) is 32.6. The third-order valence-corrected chi connectivity index (χ3v) is 6.65. The fourth-order valence-electron chi connectivity index (χ4n) is 3.77. The summed E-state index contributed by atoms with van der Waals surface area (Å²) in [5.74, 6) is 0.250. The highest BCUT2D eigenvalue weighted by molar-refractivity contribution is 7.22. The first-order valence-corrected chi connectivity index (χ1v) is 11.4. The molecule has 164 valence electrons. The van der Waals surface area contributed by atoms with Gasteiger partial charge in [0, 0.05) is 19.6 Å². The highest BCUT2D eigenvalue weighted by Gasteiger charge is 2.23. The van der Waals surface area contributed by atoms with Gasteiger partial charge in [-0.15, -0.1) is 0 Å². The highest BCUT2D eigenvalue weighted by Crippen LogP contribution is 2.34. The van der Waals surface area contributed by atoms with E-state index in [1.54, 1.807) is 18.4 Å². The number of nitrogens with one attached hydrogen (secondary N) is 1. The molecule has 0 saturated carbocycles. The zero-order valence-electron chi connectivity index (χ0n) is 17.7. The number of amides is 1. The van der Waals surface area contributed by atoms with E-state index in [2.05, 4.69) is 20.3 Å². The van der Waals surface area contributed by atoms with Crippen LogP contribution in [0.2, 0.25) is 0 Å². The van der Waals surface area contributed by atoms with E-state index in [0.717, 1.165) is 42.2 Å². The van der Waals surface area contributed by atoms with Crippen LogP contribution >= 0.6 is 11.3 Å². The standard InChI is InChI=1S/C23H23N5O3S/c1-15-6-8-16(9-7-15)13-24-18(29)14-28-22(30)20-21(19(26-28)17-5-4-12-31-17)32-23(25-20)27-10-2-3-11-27/h4-9,12H,2-3,10-11,13-14H2,1H3,(H,24,29). The fourth-order valence-corrected chi connectivity index (χ4v) is 4.87. The molecule has 4 aromatic rings. The number of rotatable bonds is 6. The number of fused-ring (bicyclic) bond motifs is 1. The van der Waals surface area contributed by atoms with Crippen molar-refractivity contribution in [1.29, 1.82) is 0 Å². The first-order valence-electron chi connectivity index (χ1n) is 10.6. The molecule has 1 N–H and O–H groups in total. The quantitative estimate of drug-likeness (QED) is 0.485. The predicted octanol–water partition coefficient (Wildman–Crippen LogP) is 3.34. The molecule has 1 aromatic carbocycles. The number of carbonyl (C=O) groups excluding carboxylic acids is 1. The molecule has 0 unspecified atom stereocenters. The second kappa shape index (κ2) is 8.58. The van der Waals surface area contributed by atoms with Crippen LogP contribution in [0.15, 0.2) is 51.9 Å². The number of benzene rings is 1. The Morgan fingerprint density at radius 3 is 2.69 bits per heavy atom. The van der Waals surface area contributed by atoms with Crippen molar-refractivity contribution in [2.75, 3.05) is 18.0 Å². The Bertz CT molecular complexity index is 1300. The van der Waals surface area contributed by atoms with Crippen molar-refractivity contribution >= 4 is 32.6 Å². The van der Waals surface area contributed by atoms with E-state index in [4.69, 9.17) is 4.42 Å². The third-order valence-electron chi connectivity index (χ3n) is 5.52. The molecule has 0 atom stereocenters. The van der Waals surface area contributed by atoms with Crippen LogP contribution in [0.4, 0.5) is 5.13 Å².